The Hall–Kier alpha value is -0.890. The van der Waals surface area contributed by atoms with Gasteiger partial charge in [0.05, 0.1) is 19.3 Å². The lowest BCUT2D eigenvalue weighted by Gasteiger charge is -2.43. The Morgan fingerprint density at radius 2 is 1.33 bits per heavy atom. The predicted molar refractivity (Wildman–Crippen MR) is 101 cm³/mol. The second-order valence-electron chi connectivity index (χ2n) is 8.00. The van der Waals surface area contributed by atoms with Gasteiger partial charge in [-0.15, -0.1) is 0 Å². The number of aliphatic hydroxyl groups is 10. The molecular formula is C18H32O15. The van der Waals surface area contributed by atoms with E-state index in [1.54, 1.807) is 0 Å². The molecule has 2 aliphatic rings. The molecule has 0 unspecified atom stereocenters. The molecule has 194 valence electrons. The van der Waals surface area contributed by atoms with Crippen LogP contribution in [0.1, 0.15) is 6.92 Å². The van der Waals surface area contributed by atoms with Crippen LogP contribution in [0.3, 0.4) is 0 Å². The van der Waals surface area contributed by atoms with Crippen molar-refractivity contribution in [1.82, 2.24) is 0 Å². The molecule has 0 aromatic rings. The third kappa shape index (κ3) is 6.41. The van der Waals surface area contributed by atoms with Crippen LogP contribution in [0.4, 0.5) is 0 Å². The van der Waals surface area contributed by atoms with Gasteiger partial charge in [-0.2, -0.15) is 0 Å². The zero-order chi connectivity index (χ0) is 25.0. The summed E-state index contributed by atoms with van der Waals surface area (Å²) in [7, 11) is 0. The fourth-order valence-electron chi connectivity index (χ4n) is 3.47. The molecule has 0 saturated carbocycles. The van der Waals surface area contributed by atoms with E-state index in [9.17, 15) is 55.9 Å². The second kappa shape index (κ2) is 12.2. The monoisotopic (exact) mass is 488 g/mol. The van der Waals surface area contributed by atoms with Gasteiger partial charge < -0.3 is 74.8 Å². The summed E-state index contributed by atoms with van der Waals surface area (Å²) in [6, 6.07) is 0. The molecule has 0 aromatic carbocycles. The topological polar surface area (TPSA) is 256 Å². The van der Waals surface area contributed by atoms with Crippen molar-refractivity contribution in [1.29, 1.82) is 0 Å². The van der Waals surface area contributed by atoms with Crippen LogP contribution >= 0.6 is 0 Å². The van der Waals surface area contributed by atoms with Crippen molar-refractivity contribution in [3.05, 3.63) is 0 Å². The van der Waals surface area contributed by atoms with Gasteiger partial charge in [0.25, 0.3) is 0 Å². The first-order valence-electron chi connectivity index (χ1n) is 10.2. The van der Waals surface area contributed by atoms with Crippen molar-refractivity contribution in [2.75, 3.05) is 13.2 Å². The summed E-state index contributed by atoms with van der Waals surface area (Å²) < 4.78 is 21.1. The standard InChI is InChI=1S/C18H32O15/c1-5(21)16(9(23)6(22)2-19)33-18-15(29)13(27)11(25)8(32-18)4-30-17-14(28)12(26)10(24)7(3-20)31-17/h2,5-18,20-29H,3-4H2,1H3/t5-,6-,7+,8+,9-,10-,11+,12-,13-,14+,15-,16-,17+,18-/m0/s1. The van der Waals surface area contributed by atoms with Gasteiger partial charge >= 0.3 is 0 Å². The van der Waals surface area contributed by atoms with Crippen molar-refractivity contribution in [2.45, 2.75) is 92.8 Å². The zero-order valence-corrected chi connectivity index (χ0v) is 17.6. The van der Waals surface area contributed by atoms with Gasteiger partial charge in [-0.1, -0.05) is 0 Å². The van der Waals surface area contributed by atoms with E-state index >= 15 is 0 Å². The van der Waals surface area contributed by atoms with Crippen LogP contribution in [0.2, 0.25) is 0 Å². The third-order valence-corrected chi connectivity index (χ3v) is 5.53. The van der Waals surface area contributed by atoms with E-state index < -0.39 is 99.0 Å². The lowest BCUT2D eigenvalue weighted by atomic mass is 9.98. The Morgan fingerprint density at radius 1 is 0.818 bits per heavy atom. The molecular weight excluding hydrogens is 456 g/mol. The van der Waals surface area contributed by atoms with Crippen LogP contribution in [0.15, 0.2) is 0 Å². The van der Waals surface area contributed by atoms with E-state index in [-0.39, 0.29) is 6.29 Å². The van der Waals surface area contributed by atoms with E-state index in [0.717, 1.165) is 6.92 Å². The molecule has 0 bridgehead atoms. The molecule has 0 radical (unpaired) electrons. The van der Waals surface area contributed by atoms with E-state index in [1.807, 2.05) is 0 Å². The Balaban J connectivity index is 2.08. The minimum atomic E-state index is -1.94. The van der Waals surface area contributed by atoms with Crippen molar-refractivity contribution >= 4 is 6.29 Å². The molecule has 2 fully saturated rings. The number of carbonyl (C=O) groups is 1. The maximum atomic E-state index is 10.7. The van der Waals surface area contributed by atoms with E-state index in [1.165, 1.54) is 0 Å². The molecule has 33 heavy (non-hydrogen) atoms. The normalized spacial score (nSPS) is 43.5. The van der Waals surface area contributed by atoms with Gasteiger partial charge in [0.15, 0.2) is 18.9 Å². The highest BCUT2D eigenvalue weighted by Gasteiger charge is 2.48. The van der Waals surface area contributed by atoms with Gasteiger partial charge in [-0.05, 0) is 6.92 Å². The van der Waals surface area contributed by atoms with Crippen LogP contribution in [0.5, 0.6) is 0 Å². The minimum absolute atomic E-state index is 0.00268. The van der Waals surface area contributed by atoms with E-state index in [4.69, 9.17) is 18.9 Å². The molecule has 15 nitrogen and oxygen atoms in total. The van der Waals surface area contributed by atoms with E-state index in [2.05, 4.69) is 0 Å². The number of ether oxygens (including phenoxy) is 4. The average Bonchev–Trinajstić information content (AvgIpc) is 2.79. The van der Waals surface area contributed by atoms with Crippen LogP contribution < -0.4 is 0 Å². The van der Waals surface area contributed by atoms with Crippen molar-refractivity contribution in [3.63, 3.8) is 0 Å². The fourth-order valence-corrected chi connectivity index (χ4v) is 3.47. The molecule has 0 amide bonds. The summed E-state index contributed by atoms with van der Waals surface area (Å²) in [4.78, 5) is 10.7. The molecule has 2 aliphatic heterocycles. The highest BCUT2D eigenvalue weighted by Crippen LogP contribution is 2.27. The first kappa shape index (κ1) is 28.3. The van der Waals surface area contributed by atoms with Gasteiger partial charge in [0.1, 0.15) is 67.1 Å². The highest BCUT2D eigenvalue weighted by atomic mass is 16.7. The summed E-state index contributed by atoms with van der Waals surface area (Å²) in [6.07, 6.45) is -23.6. The number of aliphatic hydroxyl groups excluding tert-OH is 10. The minimum Gasteiger partial charge on any atom is -0.394 e. The number of aldehydes is 1. The summed E-state index contributed by atoms with van der Waals surface area (Å²) in [5.41, 5.74) is 0. The largest absolute Gasteiger partial charge is 0.394 e. The third-order valence-electron chi connectivity index (χ3n) is 5.53. The molecule has 0 aromatic heterocycles. The molecule has 10 N–H and O–H groups in total. The Morgan fingerprint density at radius 3 is 1.85 bits per heavy atom. The predicted octanol–water partition coefficient (Wildman–Crippen LogP) is -6.70. The summed E-state index contributed by atoms with van der Waals surface area (Å²) >= 11 is 0. The SMILES string of the molecule is C[C@H](O)[C@H](O[C@@H]1O[C@H](CO[C@@H]2O[C@H](CO)[C@H](O)[C@H](O)[C@H]2O)[C@@H](O)[C@H](O)[C@@H]1O)[C@@H](O)[C@@H](O)C=O. The number of carbonyl (C=O) groups excluding carboxylic acids is 1. The molecule has 0 aliphatic carbocycles. The van der Waals surface area contributed by atoms with Gasteiger partial charge in [-0.3, -0.25) is 0 Å². The second-order valence-corrected chi connectivity index (χ2v) is 8.00. The quantitative estimate of drug-likeness (QED) is 0.128. The van der Waals surface area contributed by atoms with Crippen LogP contribution in [0, 0.1) is 0 Å². The first-order valence-corrected chi connectivity index (χ1v) is 10.2. The Kier molecular flexibility index (Phi) is 10.5. The number of hydrogen-bond donors (Lipinski definition) is 10. The van der Waals surface area contributed by atoms with Crippen molar-refractivity contribution in [2.24, 2.45) is 0 Å². The molecule has 2 heterocycles. The van der Waals surface area contributed by atoms with Crippen LogP contribution in [-0.4, -0.2) is 156 Å². The molecule has 2 saturated heterocycles. The number of hydrogen-bond acceptors (Lipinski definition) is 15. The summed E-state index contributed by atoms with van der Waals surface area (Å²) in [5.74, 6) is 0. The van der Waals surface area contributed by atoms with Crippen molar-refractivity contribution < 1.29 is 74.8 Å². The molecule has 14 atom stereocenters. The molecule has 0 spiro atoms. The van der Waals surface area contributed by atoms with E-state index in [0.29, 0.717) is 0 Å². The number of rotatable bonds is 10. The van der Waals surface area contributed by atoms with Gasteiger partial charge in [0, 0.05) is 0 Å². The van der Waals surface area contributed by atoms with Crippen molar-refractivity contribution in [3.8, 4) is 0 Å². The first-order chi connectivity index (χ1) is 15.4. The Bertz CT molecular complexity index is 605. The van der Waals surface area contributed by atoms with Crippen LogP contribution in [-0.2, 0) is 23.7 Å². The summed E-state index contributed by atoms with van der Waals surface area (Å²) in [6.45, 7) is -0.165. The zero-order valence-electron chi connectivity index (χ0n) is 17.6. The van der Waals surface area contributed by atoms with Gasteiger partial charge in [-0.25, -0.2) is 0 Å². The maximum absolute atomic E-state index is 10.7. The average molecular weight is 488 g/mol. The van der Waals surface area contributed by atoms with Gasteiger partial charge in [0.2, 0.25) is 0 Å². The maximum Gasteiger partial charge on any atom is 0.187 e. The lowest BCUT2D eigenvalue weighted by molar-refractivity contribution is -0.342. The fraction of sp³-hybridized carbons (Fsp3) is 0.944. The lowest BCUT2D eigenvalue weighted by Crippen LogP contribution is -2.62. The highest BCUT2D eigenvalue weighted by molar-refractivity contribution is 5.56. The summed E-state index contributed by atoms with van der Waals surface area (Å²) in [5, 5.41) is 98.7. The Labute approximate surface area is 187 Å². The molecule has 2 rings (SSSR count). The van der Waals surface area contributed by atoms with Crippen LogP contribution in [0.25, 0.3) is 0 Å². The molecule has 15 heteroatoms. The smallest absolute Gasteiger partial charge is 0.187 e.